The third-order valence-corrected chi connectivity index (χ3v) is 4.60. The first kappa shape index (κ1) is 17.0. The molecule has 1 aliphatic rings. The summed E-state index contributed by atoms with van der Waals surface area (Å²) < 4.78 is 5.58. The number of aliphatic carboxylic acids is 1. The fourth-order valence-electron chi connectivity index (χ4n) is 2.55. The van der Waals surface area contributed by atoms with Gasteiger partial charge in [0.05, 0.1) is 11.5 Å². The zero-order valence-corrected chi connectivity index (χ0v) is 12.9. The van der Waals surface area contributed by atoms with Gasteiger partial charge in [0.1, 0.15) is 0 Å². The number of carbonyl (C=O) groups excluding carboxylic acids is 1. The van der Waals surface area contributed by atoms with Gasteiger partial charge in [-0.2, -0.15) is 0 Å². The maximum absolute atomic E-state index is 12.0. The van der Waals surface area contributed by atoms with Crippen molar-refractivity contribution < 1.29 is 19.4 Å². The van der Waals surface area contributed by atoms with Crippen molar-refractivity contribution in [1.82, 2.24) is 5.32 Å². The Morgan fingerprint density at radius 3 is 2.60 bits per heavy atom. The van der Waals surface area contributed by atoms with E-state index in [1.807, 2.05) is 13.8 Å². The number of nitrogens with one attached hydrogen (secondary N) is 1. The Bertz CT molecular complexity index is 356. The predicted molar refractivity (Wildman–Crippen MR) is 76.3 cm³/mol. The standard InChI is InChI=1S/C15H27NO4/c1-5-12-11(6-7-20-12)9-16-13(17)8-15(4,10(2)3)14(18)19/h10-12H,5-9H2,1-4H3,(H,16,17)(H,18,19). The summed E-state index contributed by atoms with van der Waals surface area (Å²) in [6.07, 6.45) is 2.13. The van der Waals surface area contributed by atoms with E-state index >= 15 is 0 Å². The van der Waals surface area contributed by atoms with Crippen LogP contribution < -0.4 is 5.32 Å². The van der Waals surface area contributed by atoms with Gasteiger partial charge >= 0.3 is 5.97 Å². The molecular formula is C15H27NO4. The topological polar surface area (TPSA) is 75.6 Å². The molecule has 3 unspecified atom stereocenters. The Kier molecular flexibility index (Phi) is 5.99. The van der Waals surface area contributed by atoms with Crippen molar-refractivity contribution in [3.8, 4) is 0 Å². The number of carboxylic acid groups (broad SMARTS) is 1. The highest BCUT2D eigenvalue weighted by Crippen LogP contribution is 2.31. The highest BCUT2D eigenvalue weighted by Gasteiger charge is 2.39. The van der Waals surface area contributed by atoms with Crippen molar-refractivity contribution in [3.63, 3.8) is 0 Å². The second-order valence-corrected chi connectivity index (χ2v) is 6.22. The van der Waals surface area contributed by atoms with Crippen molar-refractivity contribution in [2.75, 3.05) is 13.2 Å². The number of hydrogen-bond acceptors (Lipinski definition) is 3. The Balaban J connectivity index is 2.49. The van der Waals surface area contributed by atoms with Crippen LogP contribution in [0.3, 0.4) is 0 Å². The van der Waals surface area contributed by atoms with Crippen LogP contribution in [0.15, 0.2) is 0 Å². The monoisotopic (exact) mass is 285 g/mol. The van der Waals surface area contributed by atoms with E-state index in [0.29, 0.717) is 12.5 Å². The second-order valence-electron chi connectivity index (χ2n) is 6.22. The molecule has 0 aromatic rings. The molecule has 0 bridgehead atoms. The number of rotatable bonds is 7. The molecule has 0 aromatic carbocycles. The third-order valence-electron chi connectivity index (χ3n) is 4.60. The highest BCUT2D eigenvalue weighted by molar-refractivity contribution is 5.84. The van der Waals surface area contributed by atoms with Crippen LogP contribution in [0.2, 0.25) is 0 Å². The third kappa shape index (κ3) is 3.95. The summed E-state index contributed by atoms with van der Waals surface area (Å²) in [7, 11) is 0. The van der Waals surface area contributed by atoms with E-state index in [1.54, 1.807) is 6.92 Å². The molecule has 0 spiro atoms. The maximum atomic E-state index is 12.0. The van der Waals surface area contributed by atoms with Gasteiger partial charge in [-0.1, -0.05) is 20.8 Å². The van der Waals surface area contributed by atoms with Gasteiger partial charge in [-0.3, -0.25) is 9.59 Å². The van der Waals surface area contributed by atoms with Gasteiger partial charge in [0.25, 0.3) is 0 Å². The molecule has 20 heavy (non-hydrogen) atoms. The lowest BCUT2D eigenvalue weighted by Crippen LogP contribution is -2.41. The molecule has 1 heterocycles. The van der Waals surface area contributed by atoms with Crippen LogP contribution in [0.5, 0.6) is 0 Å². The average molecular weight is 285 g/mol. The quantitative estimate of drug-likeness (QED) is 0.750. The number of carbonyl (C=O) groups is 2. The summed E-state index contributed by atoms with van der Waals surface area (Å²) >= 11 is 0. The molecule has 5 nitrogen and oxygen atoms in total. The van der Waals surface area contributed by atoms with Crippen molar-refractivity contribution in [2.24, 2.45) is 17.3 Å². The summed E-state index contributed by atoms with van der Waals surface area (Å²) in [5.41, 5.74) is -1.01. The number of carboxylic acids is 1. The molecule has 0 aromatic heterocycles. The van der Waals surface area contributed by atoms with Gasteiger partial charge in [-0.05, 0) is 25.7 Å². The predicted octanol–water partition coefficient (Wildman–Crippen LogP) is 2.05. The second kappa shape index (κ2) is 7.07. The number of hydrogen-bond donors (Lipinski definition) is 2. The number of ether oxygens (including phenoxy) is 1. The van der Waals surface area contributed by atoms with Gasteiger partial charge in [0, 0.05) is 25.5 Å². The zero-order chi connectivity index (χ0) is 15.3. The molecule has 5 heteroatoms. The highest BCUT2D eigenvalue weighted by atomic mass is 16.5. The van der Waals surface area contributed by atoms with Gasteiger partial charge in [0.15, 0.2) is 0 Å². The lowest BCUT2D eigenvalue weighted by Gasteiger charge is -2.28. The molecule has 1 aliphatic heterocycles. The average Bonchev–Trinajstić information content (AvgIpc) is 2.83. The molecule has 1 amide bonds. The Hall–Kier alpha value is -1.10. The molecule has 1 rings (SSSR count). The first-order valence-electron chi connectivity index (χ1n) is 7.43. The minimum atomic E-state index is -1.01. The molecule has 3 atom stereocenters. The van der Waals surface area contributed by atoms with Crippen molar-refractivity contribution in [2.45, 2.75) is 53.1 Å². The van der Waals surface area contributed by atoms with Gasteiger partial charge < -0.3 is 15.2 Å². The van der Waals surface area contributed by atoms with Crippen molar-refractivity contribution >= 4 is 11.9 Å². The van der Waals surface area contributed by atoms with Crippen LogP contribution in [0.25, 0.3) is 0 Å². The lowest BCUT2D eigenvalue weighted by atomic mass is 9.76. The van der Waals surface area contributed by atoms with Gasteiger partial charge in [-0.25, -0.2) is 0 Å². The molecule has 2 N–H and O–H groups in total. The number of amides is 1. The Morgan fingerprint density at radius 2 is 2.10 bits per heavy atom. The van der Waals surface area contributed by atoms with E-state index in [9.17, 15) is 14.7 Å². The van der Waals surface area contributed by atoms with Crippen molar-refractivity contribution in [3.05, 3.63) is 0 Å². The normalized spacial score (nSPS) is 25.4. The molecule has 0 aliphatic carbocycles. The van der Waals surface area contributed by atoms with E-state index in [4.69, 9.17) is 4.74 Å². The molecular weight excluding hydrogens is 258 g/mol. The summed E-state index contributed by atoms with van der Waals surface area (Å²) in [6, 6.07) is 0. The van der Waals surface area contributed by atoms with E-state index in [2.05, 4.69) is 12.2 Å². The van der Waals surface area contributed by atoms with Crippen LogP contribution in [0.1, 0.15) is 47.0 Å². The van der Waals surface area contributed by atoms with Crippen LogP contribution >= 0.6 is 0 Å². The molecule has 0 saturated carbocycles. The van der Waals surface area contributed by atoms with E-state index < -0.39 is 11.4 Å². The molecule has 1 saturated heterocycles. The molecule has 0 radical (unpaired) electrons. The molecule has 1 fully saturated rings. The summed E-state index contributed by atoms with van der Waals surface area (Å²) in [4.78, 5) is 23.4. The largest absolute Gasteiger partial charge is 0.481 e. The van der Waals surface area contributed by atoms with E-state index in [0.717, 1.165) is 19.4 Å². The first-order valence-corrected chi connectivity index (χ1v) is 7.43. The minimum absolute atomic E-state index is 0.0182. The van der Waals surface area contributed by atoms with E-state index in [1.165, 1.54) is 0 Å². The smallest absolute Gasteiger partial charge is 0.310 e. The maximum Gasteiger partial charge on any atom is 0.310 e. The fraction of sp³-hybridized carbons (Fsp3) is 0.867. The van der Waals surface area contributed by atoms with Gasteiger partial charge in [-0.15, -0.1) is 0 Å². The Morgan fingerprint density at radius 1 is 1.45 bits per heavy atom. The SMILES string of the molecule is CCC1OCCC1CNC(=O)CC(C)(C(=O)O)C(C)C. The minimum Gasteiger partial charge on any atom is -0.481 e. The summed E-state index contributed by atoms with van der Waals surface area (Å²) in [5, 5.41) is 12.2. The van der Waals surface area contributed by atoms with Crippen LogP contribution in [-0.4, -0.2) is 36.2 Å². The van der Waals surface area contributed by atoms with Crippen molar-refractivity contribution in [1.29, 1.82) is 0 Å². The first-order chi connectivity index (χ1) is 9.31. The lowest BCUT2D eigenvalue weighted by molar-refractivity contribution is -0.153. The van der Waals surface area contributed by atoms with Crippen LogP contribution in [0.4, 0.5) is 0 Å². The van der Waals surface area contributed by atoms with Crippen LogP contribution in [0, 0.1) is 17.3 Å². The fourth-order valence-corrected chi connectivity index (χ4v) is 2.55. The molecule has 116 valence electrons. The summed E-state index contributed by atoms with van der Waals surface area (Å²) in [5.74, 6) is -0.855. The Labute approximate surface area is 121 Å². The van der Waals surface area contributed by atoms with Crippen LogP contribution in [-0.2, 0) is 14.3 Å². The van der Waals surface area contributed by atoms with E-state index in [-0.39, 0.29) is 24.3 Å². The summed E-state index contributed by atoms with van der Waals surface area (Å²) in [6.45, 7) is 8.69. The zero-order valence-electron chi connectivity index (χ0n) is 12.9. The van der Waals surface area contributed by atoms with Gasteiger partial charge in [0.2, 0.25) is 5.91 Å².